The molecule has 2 nitrogen and oxygen atoms in total. The second-order valence-corrected chi connectivity index (χ2v) is 3.78. The summed E-state index contributed by atoms with van der Waals surface area (Å²) in [6.07, 6.45) is 5.26. The fraction of sp³-hybridized carbons (Fsp3) is 0.417. The minimum Gasteiger partial charge on any atom is -0.314 e. The van der Waals surface area contributed by atoms with Crippen molar-refractivity contribution in [3.8, 4) is 0 Å². The molecule has 2 heteroatoms. The summed E-state index contributed by atoms with van der Waals surface area (Å²) in [5.41, 5.74) is 1.35. The lowest BCUT2D eigenvalue weighted by Gasteiger charge is -2.16. The van der Waals surface area contributed by atoms with Crippen LogP contribution in [-0.4, -0.2) is 22.9 Å². The Labute approximate surface area is 85.1 Å². The Hall–Kier alpha value is -0.860. The zero-order valence-electron chi connectivity index (χ0n) is 8.26. The van der Waals surface area contributed by atoms with Gasteiger partial charge >= 0.3 is 0 Å². The van der Waals surface area contributed by atoms with Gasteiger partial charge < -0.3 is 5.21 Å². The van der Waals surface area contributed by atoms with Gasteiger partial charge in [0.05, 0.1) is 0 Å². The van der Waals surface area contributed by atoms with Gasteiger partial charge in [-0.1, -0.05) is 30.3 Å². The van der Waals surface area contributed by atoms with Crippen LogP contribution < -0.4 is 0 Å². The maximum absolute atomic E-state index is 9.47. The highest BCUT2D eigenvalue weighted by atomic mass is 16.5. The van der Waals surface area contributed by atoms with E-state index in [0.29, 0.717) is 0 Å². The third-order valence-electron chi connectivity index (χ3n) is 2.75. The van der Waals surface area contributed by atoms with E-state index in [1.165, 1.54) is 10.6 Å². The highest BCUT2D eigenvalue weighted by molar-refractivity contribution is 5.15. The second-order valence-electron chi connectivity index (χ2n) is 3.78. The van der Waals surface area contributed by atoms with E-state index in [2.05, 4.69) is 30.7 Å². The predicted octanol–water partition coefficient (Wildman–Crippen LogP) is 2.29. The van der Waals surface area contributed by atoms with E-state index in [1.54, 1.807) is 0 Å². The number of hydroxylamine groups is 2. The Balaban J connectivity index is 1.82. The summed E-state index contributed by atoms with van der Waals surface area (Å²) >= 11 is 0. The molecule has 1 N–H and O–H groups in total. The van der Waals surface area contributed by atoms with Gasteiger partial charge in [-0.05, 0) is 31.2 Å². The summed E-state index contributed by atoms with van der Waals surface area (Å²) in [6.45, 7) is 0.791. The van der Waals surface area contributed by atoms with Gasteiger partial charge in [-0.2, -0.15) is 5.06 Å². The van der Waals surface area contributed by atoms with Crippen LogP contribution in [0.2, 0.25) is 0 Å². The highest BCUT2D eigenvalue weighted by Crippen LogP contribution is 2.18. The van der Waals surface area contributed by atoms with Crippen molar-refractivity contribution in [3.63, 3.8) is 0 Å². The monoisotopic (exact) mass is 190 g/mol. The van der Waals surface area contributed by atoms with Crippen LogP contribution in [-0.2, 0) is 6.42 Å². The minimum atomic E-state index is 0.259. The van der Waals surface area contributed by atoms with Gasteiger partial charge in [0.1, 0.15) is 0 Å². The van der Waals surface area contributed by atoms with Gasteiger partial charge in [-0.15, -0.1) is 0 Å². The average molecular weight is 190 g/mol. The molecule has 75 valence electrons. The zero-order chi connectivity index (χ0) is 9.80. The van der Waals surface area contributed by atoms with Gasteiger partial charge in [-0.25, -0.2) is 0 Å². The first kappa shape index (κ1) is 9.69. The Morgan fingerprint density at radius 3 is 2.71 bits per heavy atom. The molecule has 1 aromatic rings. The van der Waals surface area contributed by atoms with E-state index in [4.69, 9.17) is 0 Å². The molecule has 1 aliphatic heterocycles. The summed E-state index contributed by atoms with van der Waals surface area (Å²) in [5.74, 6) is 0. The summed E-state index contributed by atoms with van der Waals surface area (Å²) in [7, 11) is 0. The molecular weight excluding hydrogens is 174 g/mol. The van der Waals surface area contributed by atoms with Crippen molar-refractivity contribution in [1.29, 1.82) is 0 Å². The molecule has 0 bridgehead atoms. The molecule has 0 aliphatic carbocycles. The first-order chi connectivity index (χ1) is 6.86. The molecule has 0 amide bonds. The summed E-state index contributed by atoms with van der Waals surface area (Å²) in [4.78, 5) is 0. The fourth-order valence-corrected chi connectivity index (χ4v) is 1.91. The largest absolute Gasteiger partial charge is 0.314 e. The first-order valence-corrected chi connectivity index (χ1v) is 5.19. The summed E-state index contributed by atoms with van der Waals surface area (Å²) in [5, 5.41) is 10.9. The van der Waals surface area contributed by atoms with Gasteiger partial charge in [0.25, 0.3) is 0 Å². The number of nitrogens with zero attached hydrogens (tertiary/aromatic N) is 1. The van der Waals surface area contributed by atoms with E-state index in [9.17, 15) is 5.21 Å². The molecule has 1 radical (unpaired) electrons. The van der Waals surface area contributed by atoms with Gasteiger partial charge in [0, 0.05) is 12.6 Å². The lowest BCUT2D eigenvalue weighted by atomic mass is 10.0. The SMILES string of the molecule is ON1CC[CH]C1CCc1ccccc1. The predicted molar refractivity (Wildman–Crippen MR) is 56.0 cm³/mol. The minimum absolute atomic E-state index is 0.259. The molecule has 0 aromatic heterocycles. The Kier molecular flexibility index (Phi) is 3.17. The molecule has 14 heavy (non-hydrogen) atoms. The Morgan fingerprint density at radius 1 is 1.29 bits per heavy atom. The molecule has 1 atom stereocenters. The van der Waals surface area contributed by atoms with Crippen LogP contribution in [0.4, 0.5) is 0 Å². The van der Waals surface area contributed by atoms with Crippen molar-refractivity contribution >= 4 is 0 Å². The zero-order valence-corrected chi connectivity index (χ0v) is 8.26. The molecule has 1 fully saturated rings. The maximum atomic E-state index is 9.47. The molecule has 1 heterocycles. The van der Waals surface area contributed by atoms with Crippen LogP contribution in [0, 0.1) is 6.42 Å². The van der Waals surface area contributed by atoms with E-state index in [1.807, 2.05) is 6.07 Å². The van der Waals surface area contributed by atoms with E-state index in [-0.39, 0.29) is 6.04 Å². The molecule has 2 rings (SSSR count). The van der Waals surface area contributed by atoms with Crippen molar-refractivity contribution in [2.75, 3.05) is 6.54 Å². The van der Waals surface area contributed by atoms with E-state index >= 15 is 0 Å². The molecule has 0 spiro atoms. The second kappa shape index (κ2) is 4.58. The maximum Gasteiger partial charge on any atom is 0.0385 e. The van der Waals surface area contributed by atoms with Crippen LogP contribution in [0.15, 0.2) is 30.3 Å². The number of benzene rings is 1. The van der Waals surface area contributed by atoms with Crippen LogP contribution >= 0.6 is 0 Å². The Morgan fingerprint density at radius 2 is 2.07 bits per heavy atom. The molecule has 1 saturated heterocycles. The van der Waals surface area contributed by atoms with Crippen molar-refractivity contribution in [1.82, 2.24) is 5.06 Å². The lowest BCUT2D eigenvalue weighted by molar-refractivity contribution is -0.0990. The standard InChI is InChI=1S/C12H16NO/c14-13-10-4-7-12(13)9-8-11-5-2-1-3-6-11/h1-3,5-7,12,14H,4,8-10H2. The van der Waals surface area contributed by atoms with Crippen LogP contribution in [0.5, 0.6) is 0 Å². The Bertz CT molecular complexity index is 273. The smallest absolute Gasteiger partial charge is 0.0385 e. The fourth-order valence-electron chi connectivity index (χ4n) is 1.91. The van der Waals surface area contributed by atoms with E-state index < -0.39 is 0 Å². The van der Waals surface area contributed by atoms with Gasteiger partial charge in [0.15, 0.2) is 0 Å². The van der Waals surface area contributed by atoms with E-state index in [0.717, 1.165) is 25.8 Å². The third-order valence-corrected chi connectivity index (χ3v) is 2.75. The lowest BCUT2D eigenvalue weighted by Crippen LogP contribution is -2.26. The topological polar surface area (TPSA) is 23.5 Å². The third kappa shape index (κ3) is 2.34. The van der Waals surface area contributed by atoms with Crippen molar-refractivity contribution in [2.45, 2.75) is 25.3 Å². The molecule has 1 aliphatic rings. The molecule has 1 aromatic carbocycles. The molecule has 1 unspecified atom stereocenters. The number of hydrogen-bond acceptors (Lipinski definition) is 2. The van der Waals surface area contributed by atoms with Crippen LogP contribution in [0.3, 0.4) is 0 Å². The average Bonchev–Trinajstić information content (AvgIpc) is 2.63. The van der Waals surface area contributed by atoms with Crippen LogP contribution in [0.1, 0.15) is 18.4 Å². The number of hydrogen-bond donors (Lipinski definition) is 1. The van der Waals surface area contributed by atoms with Gasteiger partial charge in [-0.3, -0.25) is 0 Å². The van der Waals surface area contributed by atoms with Crippen LogP contribution in [0.25, 0.3) is 0 Å². The van der Waals surface area contributed by atoms with Crippen molar-refractivity contribution < 1.29 is 5.21 Å². The van der Waals surface area contributed by atoms with Crippen molar-refractivity contribution in [2.24, 2.45) is 0 Å². The number of rotatable bonds is 3. The molecular formula is C12H16NO. The summed E-state index contributed by atoms with van der Waals surface area (Å²) < 4.78 is 0. The van der Waals surface area contributed by atoms with Gasteiger partial charge in [0.2, 0.25) is 0 Å². The van der Waals surface area contributed by atoms with Crippen molar-refractivity contribution in [3.05, 3.63) is 42.3 Å². The first-order valence-electron chi connectivity index (χ1n) is 5.19. The molecule has 0 saturated carbocycles. The number of aryl methyl sites for hydroxylation is 1. The highest BCUT2D eigenvalue weighted by Gasteiger charge is 2.22. The quantitative estimate of drug-likeness (QED) is 0.790. The normalized spacial score (nSPS) is 22.8. The summed E-state index contributed by atoms with van der Waals surface area (Å²) in [6, 6.07) is 10.7.